The zero-order valence-corrected chi connectivity index (χ0v) is 9.43. The van der Waals surface area contributed by atoms with Crippen LogP contribution in [0.5, 0.6) is 0 Å². The fourth-order valence-corrected chi connectivity index (χ4v) is 2.87. The van der Waals surface area contributed by atoms with Crippen LogP contribution in [-0.2, 0) is 9.84 Å². The van der Waals surface area contributed by atoms with E-state index < -0.39 is 9.84 Å². The molecule has 0 aliphatic carbocycles. The first kappa shape index (κ1) is 9.73. The molecule has 5 heteroatoms. The molecule has 1 rings (SSSR count). The molecule has 1 heterocycles. The molecule has 0 aromatic rings. The minimum absolute atomic E-state index is 0.334. The van der Waals surface area contributed by atoms with Gasteiger partial charge in [-0.1, -0.05) is 22.6 Å². The molecule has 0 aromatic carbocycles. The summed E-state index contributed by atoms with van der Waals surface area (Å²) in [5, 5.41) is 0. The van der Waals surface area contributed by atoms with Crippen molar-refractivity contribution in [3.63, 3.8) is 0 Å². The summed E-state index contributed by atoms with van der Waals surface area (Å²) in [4.78, 5) is 2.18. The van der Waals surface area contributed by atoms with Gasteiger partial charge in [0.2, 0.25) is 0 Å². The lowest BCUT2D eigenvalue weighted by Crippen LogP contribution is -2.42. The van der Waals surface area contributed by atoms with Crippen molar-refractivity contribution in [3.05, 3.63) is 0 Å². The zero-order chi connectivity index (χ0) is 8.48. The number of halogens is 1. The van der Waals surface area contributed by atoms with Crippen molar-refractivity contribution in [3.8, 4) is 0 Å². The third-order valence-corrected chi connectivity index (χ3v) is 4.28. The molecule has 0 bridgehead atoms. The lowest BCUT2D eigenvalue weighted by Gasteiger charge is -2.28. The van der Waals surface area contributed by atoms with Crippen LogP contribution in [0.15, 0.2) is 0 Å². The zero-order valence-electron chi connectivity index (χ0n) is 6.46. The summed E-state index contributed by atoms with van der Waals surface area (Å²) in [5.74, 6) is 0.667. The van der Waals surface area contributed by atoms with Crippen molar-refractivity contribution in [1.82, 2.24) is 4.90 Å². The lowest BCUT2D eigenvalue weighted by atomic mass is 10.5. The van der Waals surface area contributed by atoms with E-state index in [0.717, 1.165) is 0 Å². The van der Waals surface area contributed by atoms with E-state index in [9.17, 15) is 8.42 Å². The molecule has 66 valence electrons. The van der Waals surface area contributed by atoms with Gasteiger partial charge in [-0.25, -0.2) is 8.42 Å². The summed E-state index contributed by atoms with van der Waals surface area (Å²) in [5.41, 5.74) is 0. The first-order chi connectivity index (χ1) is 5.01. The molecule has 1 aliphatic heterocycles. The second-order valence-corrected chi connectivity index (χ2v) is 6.87. The standard InChI is InChI=1S/C6H12INO2S/c1-6(7)8-2-4-11(9,10)5-3-8/h6H,2-5H2,1H3/t6-/m1/s1. The van der Waals surface area contributed by atoms with E-state index in [1.54, 1.807) is 0 Å². The molecule has 0 unspecified atom stereocenters. The summed E-state index contributed by atoms with van der Waals surface area (Å²) in [7, 11) is -2.69. The number of alkyl halides is 1. The summed E-state index contributed by atoms with van der Waals surface area (Å²) >= 11 is 2.30. The Morgan fingerprint density at radius 1 is 1.36 bits per heavy atom. The highest BCUT2D eigenvalue weighted by molar-refractivity contribution is 14.1. The predicted octanol–water partition coefficient (Wildman–Crippen LogP) is 0.498. The Labute approximate surface area is 81.2 Å². The minimum atomic E-state index is -2.69. The van der Waals surface area contributed by atoms with E-state index in [0.29, 0.717) is 28.6 Å². The molecule has 0 aromatic heterocycles. The van der Waals surface area contributed by atoms with Gasteiger partial charge < -0.3 is 0 Å². The molecule has 0 radical (unpaired) electrons. The van der Waals surface area contributed by atoms with Crippen molar-refractivity contribution in [2.45, 2.75) is 11.0 Å². The highest BCUT2D eigenvalue weighted by atomic mass is 127. The van der Waals surface area contributed by atoms with Crippen LogP contribution < -0.4 is 0 Å². The maximum atomic E-state index is 11.0. The molecular formula is C6H12INO2S. The topological polar surface area (TPSA) is 37.4 Å². The van der Waals surface area contributed by atoms with Crippen molar-refractivity contribution < 1.29 is 8.42 Å². The van der Waals surface area contributed by atoms with Gasteiger partial charge in [0, 0.05) is 13.1 Å². The van der Waals surface area contributed by atoms with Crippen molar-refractivity contribution >= 4 is 32.4 Å². The average molecular weight is 289 g/mol. The van der Waals surface area contributed by atoms with Crippen LogP contribution in [0.3, 0.4) is 0 Å². The lowest BCUT2D eigenvalue weighted by molar-refractivity contribution is 0.299. The Morgan fingerprint density at radius 3 is 2.18 bits per heavy atom. The predicted molar refractivity (Wildman–Crippen MR) is 53.7 cm³/mol. The van der Waals surface area contributed by atoms with Crippen LogP contribution >= 0.6 is 22.6 Å². The van der Waals surface area contributed by atoms with Crippen molar-refractivity contribution in [1.29, 1.82) is 0 Å². The van der Waals surface area contributed by atoms with Crippen LogP contribution in [0, 0.1) is 0 Å². The van der Waals surface area contributed by atoms with E-state index >= 15 is 0 Å². The highest BCUT2D eigenvalue weighted by Crippen LogP contribution is 2.11. The van der Waals surface area contributed by atoms with E-state index in [1.807, 2.05) is 0 Å². The quantitative estimate of drug-likeness (QED) is 0.401. The molecule has 11 heavy (non-hydrogen) atoms. The second kappa shape index (κ2) is 3.57. The Bertz CT molecular complexity index is 211. The van der Waals surface area contributed by atoms with Gasteiger partial charge in [-0.15, -0.1) is 0 Å². The Kier molecular flexibility index (Phi) is 3.16. The average Bonchev–Trinajstić information content (AvgIpc) is 1.86. The van der Waals surface area contributed by atoms with Gasteiger partial charge in [0.1, 0.15) is 0 Å². The monoisotopic (exact) mass is 289 g/mol. The summed E-state index contributed by atoms with van der Waals surface area (Å²) in [6.45, 7) is 3.48. The van der Waals surface area contributed by atoms with E-state index in [2.05, 4.69) is 34.4 Å². The maximum Gasteiger partial charge on any atom is 0.152 e. The smallest absolute Gasteiger partial charge is 0.152 e. The van der Waals surface area contributed by atoms with Crippen LogP contribution in [0.4, 0.5) is 0 Å². The summed E-state index contributed by atoms with van der Waals surface area (Å²) in [6.07, 6.45) is 0. The minimum Gasteiger partial charge on any atom is -0.290 e. The Morgan fingerprint density at radius 2 is 1.82 bits per heavy atom. The molecule has 0 spiro atoms. The Balaban J connectivity index is 2.49. The molecule has 1 fully saturated rings. The number of nitrogens with zero attached hydrogens (tertiary/aromatic N) is 1. The van der Waals surface area contributed by atoms with Gasteiger partial charge in [0.15, 0.2) is 9.84 Å². The molecule has 1 saturated heterocycles. The molecule has 3 nitrogen and oxygen atoms in total. The SMILES string of the molecule is C[C@H](I)N1CCS(=O)(=O)CC1. The van der Waals surface area contributed by atoms with E-state index in [4.69, 9.17) is 0 Å². The maximum absolute atomic E-state index is 11.0. The van der Waals surface area contributed by atoms with Crippen LogP contribution in [0.2, 0.25) is 0 Å². The highest BCUT2D eigenvalue weighted by Gasteiger charge is 2.23. The van der Waals surface area contributed by atoms with Gasteiger partial charge >= 0.3 is 0 Å². The fourth-order valence-electron chi connectivity index (χ4n) is 1.08. The number of sulfone groups is 1. The summed E-state index contributed by atoms with van der Waals surface area (Å²) in [6, 6.07) is 0. The first-order valence-electron chi connectivity index (χ1n) is 3.60. The number of hydrogen-bond donors (Lipinski definition) is 0. The third-order valence-electron chi connectivity index (χ3n) is 1.88. The Hall–Kier alpha value is 0.640. The third kappa shape index (κ3) is 2.87. The van der Waals surface area contributed by atoms with Crippen LogP contribution in [-0.4, -0.2) is 42.0 Å². The molecule has 0 saturated carbocycles. The molecule has 1 atom stereocenters. The first-order valence-corrected chi connectivity index (χ1v) is 6.66. The van der Waals surface area contributed by atoms with Crippen LogP contribution in [0.25, 0.3) is 0 Å². The van der Waals surface area contributed by atoms with E-state index in [-0.39, 0.29) is 0 Å². The van der Waals surface area contributed by atoms with Crippen molar-refractivity contribution in [2.75, 3.05) is 24.6 Å². The van der Waals surface area contributed by atoms with Gasteiger partial charge in [-0.05, 0) is 6.92 Å². The molecule has 0 amide bonds. The molecule has 1 aliphatic rings. The van der Waals surface area contributed by atoms with Gasteiger partial charge in [-0.3, -0.25) is 4.90 Å². The normalized spacial score (nSPS) is 28.2. The van der Waals surface area contributed by atoms with Gasteiger partial charge in [-0.2, -0.15) is 0 Å². The summed E-state index contributed by atoms with van der Waals surface area (Å²) < 4.78 is 22.4. The second-order valence-electron chi connectivity index (χ2n) is 2.76. The number of hydrogen-bond acceptors (Lipinski definition) is 3. The van der Waals surface area contributed by atoms with Gasteiger partial charge in [0.25, 0.3) is 0 Å². The van der Waals surface area contributed by atoms with Gasteiger partial charge in [0.05, 0.1) is 15.6 Å². The van der Waals surface area contributed by atoms with E-state index in [1.165, 1.54) is 0 Å². The molecule has 0 N–H and O–H groups in total. The molecular weight excluding hydrogens is 277 g/mol. The number of rotatable bonds is 1. The largest absolute Gasteiger partial charge is 0.290 e. The fraction of sp³-hybridized carbons (Fsp3) is 1.00. The van der Waals surface area contributed by atoms with Crippen LogP contribution in [0.1, 0.15) is 6.92 Å². The van der Waals surface area contributed by atoms with Crippen molar-refractivity contribution in [2.24, 2.45) is 0 Å².